The Balaban J connectivity index is 1.75. The number of hydrogen-bond acceptors (Lipinski definition) is 4. The van der Waals surface area contributed by atoms with Crippen molar-refractivity contribution in [3.63, 3.8) is 0 Å². The summed E-state index contributed by atoms with van der Waals surface area (Å²) in [7, 11) is 0. The van der Waals surface area contributed by atoms with E-state index in [2.05, 4.69) is 10.3 Å². The van der Waals surface area contributed by atoms with Gasteiger partial charge >= 0.3 is 0 Å². The minimum atomic E-state index is -0.319. The van der Waals surface area contributed by atoms with E-state index in [1.54, 1.807) is 11.7 Å². The lowest BCUT2D eigenvalue weighted by Gasteiger charge is -2.09. The van der Waals surface area contributed by atoms with Crippen LogP contribution in [-0.2, 0) is 4.79 Å². The number of benzene rings is 1. The first kappa shape index (κ1) is 16.5. The number of amides is 1. The monoisotopic (exact) mass is 321 g/mol. The molecule has 0 bridgehead atoms. The van der Waals surface area contributed by atoms with Crippen molar-refractivity contribution in [2.75, 3.05) is 11.9 Å². The van der Waals surface area contributed by atoms with Crippen LogP contribution < -0.4 is 10.8 Å². The summed E-state index contributed by atoms with van der Waals surface area (Å²) in [4.78, 5) is 15.2. The number of carbonyl (C=O) groups excluding carboxylic acids is 1. The second kappa shape index (κ2) is 8.56. The van der Waals surface area contributed by atoms with E-state index < -0.39 is 0 Å². The summed E-state index contributed by atoms with van der Waals surface area (Å²) in [6.45, 7) is 0.869. The summed E-state index contributed by atoms with van der Waals surface area (Å²) < 4.78 is 0. The first-order chi connectivity index (χ1) is 10.7. The fraction of sp³-hybridized carbons (Fsp3) is 0.375. The van der Waals surface area contributed by atoms with E-state index in [9.17, 15) is 4.79 Å². The van der Waals surface area contributed by atoms with Gasteiger partial charge in [-0.1, -0.05) is 24.4 Å². The van der Waals surface area contributed by atoms with Gasteiger partial charge < -0.3 is 5.32 Å². The summed E-state index contributed by atoms with van der Waals surface area (Å²) in [5.74, 6) is -0.319. The Hall–Kier alpha value is -1.85. The molecule has 3 N–H and O–H groups in total. The molecule has 1 aromatic heterocycles. The van der Waals surface area contributed by atoms with Crippen LogP contribution in [0.15, 0.2) is 30.5 Å². The number of carbonyl (C=O) groups is 1. The highest BCUT2D eigenvalue weighted by Gasteiger charge is 2.02. The third kappa shape index (κ3) is 4.86. The molecule has 0 aliphatic heterocycles. The molecule has 118 valence electrons. The first-order valence-electron chi connectivity index (χ1n) is 7.42. The zero-order valence-electron chi connectivity index (χ0n) is 12.3. The second-order valence-corrected chi connectivity index (χ2v) is 5.58. The summed E-state index contributed by atoms with van der Waals surface area (Å²) in [6, 6.07) is 7.65. The minimum Gasteiger partial charge on any atom is -0.384 e. The molecule has 2 rings (SSSR count). The van der Waals surface area contributed by atoms with Crippen LogP contribution in [-0.4, -0.2) is 22.6 Å². The summed E-state index contributed by atoms with van der Waals surface area (Å²) in [5, 5.41) is 13.5. The first-order valence-corrected chi connectivity index (χ1v) is 7.79. The summed E-state index contributed by atoms with van der Waals surface area (Å²) >= 11 is 5.97. The average Bonchev–Trinajstić information content (AvgIpc) is 2.53. The number of pyridine rings is 1. The summed E-state index contributed by atoms with van der Waals surface area (Å²) in [6.07, 6.45) is 5.98. The van der Waals surface area contributed by atoms with Crippen molar-refractivity contribution >= 4 is 34.1 Å². The van der Waals surface area contributed by atoms with Crippen molar-refractivity contribution in [3.05, 3.63) is 35.5 Å². The lowest BCUT2D eigenvalue weighted by Crippen LogP contribution is -2.17. The number of unbranched alkanes of at least 4 members (excludes halogenated alkanes) is 3. The number of halogens is 1. The Kier molecular flexibility index (Phi) is 6.43. The van der Waals surface area contributed by atoms with Gasteiger partial charge in [0.1, 0.15) is 0 Å². The van der Waals surface area contributed by atoms with Gasteiger partial charge in [0.2, 0.25) is 5.91 Å². The van der Waals surface area contributed by atoms with Gasteiger partial charge in [-0.15, -0.1) is 0 Å². The number of hydroxylamine groups is 1. The van der Waals surface area contributed by atoms with Crippen molar-refractivity contribution in [1.82, 2.24) is 10.5 Å². The third-order valence-corrected chi connectivity index (χ3v) is 3.71. The van der Waals surface area contributed by atoms with E-state index in [0.29, 0.717) is 11.4 Å². The van der Waals surface area contributed by atoms with Crippen LogP contribution in [0.25, 0.3) is 10.9 Å². The van der Waals surface area contributed by atoms with Crippen molar-refractivity contribution in [3.8, 4) is 0 Å². The van der Waals surface area contributed by atoms with Gasteiger partial charge in [0.15, 0.2) is 0 Å². The van der Waals surface area contributed by atoms with Crippen molar-refractivity contribution in [2.45, 2.75) is 32.1 Å². The van der Waals surface area contributed by atoms with Crippen molar-refractivity contribution < 1.29 is 10.0 Å². The molecule has 0 radical (unpaired) electrons. The minimum absolute atomic E-state index is 0.319. The number of fused-ring (bicyclic) bond motifs is 1. The Morgan fingerprint density at radius 1 is 1.18 bits per heavy atom. The normalized spacial score (nSPS) is 10.6. The lowest BCUT2D eigenvalue weighted by atomic mass is 10.1. The Bertz CT molecular complexity index is 634. The van der Waals surface area contributed by atoms with Crippen molar-refractivity contribution in [1.29, 1.82) is 0 Å². The van der Waals surface area contributed by atoms with E-state index in [0.717, 1.165) is 48.8 Å². The highest BCUT2D eigenvalue weighted by molar-refractivity contribution is 6.31. The molecule has 0 aliphatic rings. The highest BCUT2D eigenvalue weighted by Crippen LogP contribution is 2.24. The van der Waals surface area contributed by atoms with Gasteiger partial charge in [-0.25, -0.2) is 5.48 Å². The molecule has 0 spiro atoms. The van der Waals surface area contributed by atoms with E-state index in [-0.39, 0.29) is 5.91 Å². The molecule has 22 heavy (non-hydrogen) atoms. The van der Waals surface area contributed by atoms with E-state index in [1.807, 2.05) is 24.3 Å². The molecular formula is C16H20ClN3O2. The second-order valence-electron chi connectivity index (χ2n) is 5.15. The van der Waals surface area contributed by atoms with E-state index in [1.165, 1.54) is 0 Å². The molecule has 0 fully saturated rings. The molecular weight excluding hydrogens is 302 g/mol. The SMILES string of the molecule is O=C(CCCCCCNc1ccnc2cc(Cl)ccc12)NO. The maximum absolute atomic E-state index is 10.8. The number of aromatic nitrogens is 1. The third-order valence-electron chi connectivity index (χ3n) is 3.48. The predicted octanol–water partition coefficient (Wildman–Crippen LogP) is 3.76. The van der Waals surface area contributed by atoms with Gasteiger partial charge in [0.05, 0.1) is 5.52 Å². The molecule has 0 atom stereocenters. The zero-order valence-corrected chi connectivity index (χ0v) is 13.1. The van der Waals surface area contributed by atoms with Crippen molar-refractivity contribution in [2.24, 2.45) is 0 Å². The number of hydrogen-bond donors (Lipinski definition) is 3. The molecule has 1 amide bonds. The number of rotatable bonds is 8. The van der Waals surface area contributed by atoms with E-state index >= 15 is 0 Å². The summed E-state index contributed by atoms with van der Waals surface area (Å²) in [5.41, 5.74) is 3.58. The van der Waals surface area contributed by atoms with E-state index in [4.69, 9.17) is 16.8 Å². The number of nitrogens with one attached hydrogen (secondary N) is 2. The van der Waals surface area contributed by atoms with Gasteiger partial charge in [0, 0.05) is 35.3 Å². The standard InChI is InChI=1S/C16H20ClN3O2/c17-12-6-7-13-14(8-10-19-15(13)11-12)18-9-4-2-1-3-5-16(21)20-22/h6-8,10-11,22H,1-5,9H2,(H,18,19)(H,20,21). The van der Waals surface area contributed by atoms with Crippen LogP contribution in [0, 0.1) is 0 Å². The lowest BCUT2D eigenvalue weighted by molar-refractivity contribution is -0.129. The molecule has 2 aromatic rings. The number of anilines is 1. The van der Waals surface area contributed by atoms with Gasteiger partial charge in [-0.05, 0) is 37.1 Å². The van der Waals surface area contributed by atoms with Gasteiger partial charge in [-0.3, -0.25) is 15.0 Å². The molecule has 1 aromatic carbocycles. The Morgan fingerprint density at radius 2 is 2.00 bits per heavy atom. The zero-order chi connectivity index (χ0) is 15.8. The molecule has 0 aliphatic carbocycles. The van der Waals surface area contributed by atoms with Gasteiger partial charge in [-0.2, -0.15) is 0 Å². The molecule has 0 saturated heterocycles. The van der Waals surface area contributed by atoms with Crippen LogP contribution in [0.2, 0.25) is 5.02 Å². The Morgan fingerprint density at radius 3 is 2.82 bits per heavy atom. The predicted molar refractivity (Wildman–Crippen MR) is 88.3 cm³/mol. The van der Waals surface area contributed by atoms with Crippen LogP contribution in [0.5, 0.6) is 0 Å². The quantitative estimate of drug-likeness (QED) is 0.393. The molecule has 6 heteroatoms. The smallest absolute Gasteiger partial charge is 0.243 e. The number of nitrogens with zero attached hydrogens (tertiary/aromatic N) is 1. The van der Waals surface area contributed by atoms with Gasteiger partial charge in [0.25, 0.3) is 0 Å². The van der Waals surface area contributed by atoms with Crippen LogP contribution in [0.4, 0.5) is 5.69 Å². The average molecular weight is 322 g/mol. The fourth-order valence-electron chi connectivity index (χ4n) is 2.32. The largest absolute Gasteiger partial charge is 0.384 e. The maximum Gasteiger partial charge on any atom is 0.243 e. The maximum atomic E-state index is 10.8. The Labute approximate surface area is 134 Å². The van der Waals surface area contributed by atoms with Crippen LogP contribution >= 0.6 is 11.6 Å². The molecule has 5 nitrogen and oxygen atoms in total. The van der Waals surface area contributed by atoms with Crippen LogP contribution in [0.1, 0.15) is 32.1 Å². The fourth-order valence-corrected chi connectivity index (χ4v) is 2.48. The highest BCUT2D eigenvalue weighted by atomic mass is 35.5. The topological polar surface area (TPSA) is 74.2 Å². The van der Waals surface area contributed by atoms with Crippen LogP contribution in [0.3, 0.4) is 0 Å². The molecule has 0 unspecified atom stereocenters. The molecule has 0 saturated carbocycles. The molecule has 1 heterocycles.